The molecular weight excluding hydrogens is 736 g/mol. The third-order valence-corrected chi connectivity index (χ3v) is 10.5. The molecule has 0 saturated carbocycles. The molecule has 2 aromatic rings. The minimum Gasteiger partial charge on any atom is -0.504 e. The first-order chi connectivity index (χ1) is 25.3. The molecule has 3 aliphatic rings. The lowest BCUT2D eigenvalue weighted by Gasteiger charge is -2.49. The van der Waals surface area contributed by atoms with Crippen LogP contribution in [0.5, 0.6) is 23.0 Å². The number of benzene rings is 2. The van der Waals surface area contributed by atoms with Crippen molar-refractivity contribution in [3.05, 3.63) is 47.5 Å². The molecular formula is C33H34N6O14S. The van der Waals surface area contributed by atoms with Crippen molar-refractivity contribution < 1.29 is 67.9 Å². The first kappa shape index (κ1) is 38.8. The van der Waals surface area contributed by atoms with Crippen LogP contribution in [0.2, 0.25) is 0 Å². The van der Waals surface area contributed by atoms with E-state index in [1.54, 1.807) is 0 Å². The smallest absolute Gasteiger partial charge is 0.352 e. The monoisotopic (exact) mass is 770 g/mol. The molecule has 5 rings (SSSR count). The summed E-state index contributed by atoms with van der Waals surface area (Å²) in [5.74, 6) is -9.31. The van der Waals surface area contributed by atoms with Crippen LogP contribution in [-0.2, 0) is 44.9 Å². The maximum absolute atomic E-state index is 14.3. The zero-order valence-electron chi connectivity index (χ0n) is 29.0. The van der Waals surface area contributed by atoms with Crippen molar-refractivity contribution in [2.24, 2.45) is 0 Å². The van der Waals surface area contributed by atoms with E-state index >= 15 is 0 Å². The number of carboxylic acid groups (broad SMARTS) is 1. The number of urea groups is 1. The fourth-order valence-corrected chi connectivity index (χ4v) is 8.02. The van der Waals surface area contributed by atoms with Crippen LogP contribution in [0.25, 0.3) is 0 Å². The number of piperazine rings is 1. The minimum absolute atomic E-state index is 0.170. The second kappa shape index (κ2) is 14.6. The average molecular weight is 771 g/mol. The van der Waals surface area contributed by atoms with Crippen molar-refractivity contribution in [2.45, 2.75) is 62.1 Å². The van der Waals surface area contributed by atoms with Crippen LogP contribution in [0, 0.1) is 0 Å². The Balaban J connectivity index is 1.48. The van der Waals surface area contributed by atoms with Gasteiger partial charge in [0.05, 0.1) is 4.75 Å². The van der Waals surface area contributed by atoms with Crippen LogP contribution in [-0.4, -0.2) is 119 Å². The molecule has 0 aliphatic carbocycles. The summed E-state index contributed by atoms with van der Waals surface area (Å²) < 4.78 is 8.79. The van der Waals surface area contributed by atoms with Gasteiger partial charge in [-0.1, -0.05) is 12.1 Å². The molecule has 4 atom stereocenters. The number of nitrogens with one attached hydrogen (secondary N) is 3. The molecule has 2 aromatic carbocycles. The topological polar surface area (TPSA) is 279 Å². The highest BCUT2D eigenvalue weighted by molar-refractivity contribution is 8.01. The van der Waals surface area contributed by atoms with Crippen LogP contribution in [0.15, 0.2) is 36.4 Å². The van der Waals surface area contributed by atoms with E-state index in [-0.39, 0.29) is 43.1 Å². The van der Waals surface area contributed by atoms with Gasteiger partial charge in [-0.2, -0.15) is 0 Å². The summed E-state index contributed by atoms with van der Waals surface area (Å²) in [4.78, 5) is 118. The fourth-order valence-electron chi connectivity index (χ4n) is 6.31. The molecule has 0 aromatic heterocycles. The van der Waals surface area contributed by atoms with Crippen LogP contribution in [0.4, 0.5) is 4.79 Å². The lowest BCUT2D eigenvalue weighted by Crippen LogP contribution is -2.80. The number of aromatic hydroxyl groups is 2. The van der Waals surface area contributed by atoms with Gasteiger partial charge < -0.3 is 45.6 Å². The Bertz CT molecular complexity index is 1990. The van der Waals surface area contributed by atoms with E-state index in [4.69, 9.17) is 9.47 Å². The van der Waals surface area contributed by atoms with E-state index in [1.165, 1.54) is 38.1 Å². The predicted molar refractivity (Wildman–Crippen MR) is 181 cm³/mol. The maximum Gasteiger partial charge on any atom is 0.352 e. The number of imide groups is 1. The summed E-state index contributed by atoms with van der Waals surface area (Å²) in [6.45, 7) is 4.26. The standard InChI is InChI=1S/C33H34N6O14S/c1-15(41)52-21-8-6-18(12-22(21)53-16(2)42)23(25(45)36-33(30(49)50)32(3,4)54-29-24(34-14-40)26(46)39(29)33)35-31(51)38-10-9-37(27(47)28(38)48)13-17-5-7-19(43)20(44)11-17/h5-8,11-12,14,23-24,29,43-44H,9-10,13H2,1-4H3,(H,34,40)(H,35,51)(H,36,45)(H,49,50)/t23?,24-,29-,33+/m1/s1. The van der Waals surface area contributed by atoms with Crippen molar-refractivity contribution in [1.82, 2.24) is 30.7 Å². The number of rotatable bonds is 11. The summed E-state index contributed by atoms with van der Waals surface area (Å²) in [6, 6.07) is 2.86. The zero-order valence-corrected chi connectivity index (χ0v) is 29.8. The number of thioether (sulfide) groups is 1. The molecule has 3 saturated heterocycles. The number of phenolic OH excluding ortho intramolecular Hbond substituents is 2. The zero-order chi connectivity index (χ0) is 39.9. The molecule has 286 valence electrons. The Kier molecular flexibility index (Phi) is 10.5. The molecule has 0 bridgehead atoms. The van der Waals surface area contributed by atoms with E-state index in [0.717, 1.165) is 47.5 Å². The van der Waals surface area contributed by atoms with E-state index in [9.17, 15) is 58.5 Å². The predicted octanol–water partition coefficient (Wildman–Crippen LogP) is -0.724. The number of amides is 7. The van der Waals surface area contributed by atoms with Crippen LogP contribution < -0.4 is 25.4 Å². The molecule has 21 heteroatoms. The lowest BCUT2D eigenvalue weighted by atomic mass is 9.88. The Hall–Kier alpha value is -6.38. The quantitative estimate of drug-likeness (QED) is 0.0411. The van der Waals surface area contributed by atoms with Gasteiger partial charge >= 0.3 is 35.8 Å². The van der Waals surface area contributed by atoms with Gasteiger partial charge in [0.25, 0.3) is 5.91 Å². The molecule has 6 N–H and O–H groups in total. The normalized spacial score (nSPS) is 22.0. The SMILES string of the molecule is CC(=O)Oc1ccc(C(NC(=O)N2CCN(Cc3ccc(O)c(O)c3)C(=O)C2=O)C(=O)N[C@@]2(C(=O)O)N3C(=O)[C@@H](NC=O)[C@H]3SC2(C)C)cc1OC(C)=O. The second-order valence-corrected chi connectivity index (χ2v) is 14.5. The Morgan fingerprint density at radius 2 is 1.61 bits per heavy atom. The van der Waals surface area contributed by atoms with E-state index < -0.39 is 86.9 Å². The Morgan fingerprint density at radius 3 is 2.22 bits per heavy atom. The summed E-state index contributed by atoms with van der Waals surface area (Å²) in [6.07, 6.45) is 0.280. The Morgan fingerprint density at radius 1 is 0.944 bits per heavy atom. The van der Waals surface area contributed by atoms with Crippen LogP contribution >= 0.6 is 11.8 Å². The van der Waals surface area contributed by atoms with Crippen LogP contribution in [0.1, 0.15) is 44.9 Å². The fraction of sp³-hybridized carbons (Fsp3) is 0.364. The van der Waals surface area contributed by atoms with Gasteiger partial charge in [-0.3, -0.25) is 43.4 Å². The number of carbonyl (C=O) groups excluding carboxylic acids is 8. The molecule has 20 nitrogen and oxygen atoms in total. The number of phenols is 2. The van der Waals surface area contributed by atoms with E-state index in [0.29, 0.717) is 10.5 Å². The number of esters is 2. The number of ether oxygens (including phenoxy) is 2. The molecule has 7 amide bonds. The first-order valence-corrected chi connectivity index (χ1v) is 16.9. The van der Waals surface area contributed by atoms with Gasteiger partial charge in [-0.25, -0.2) is 9.59 Å². The summed E-state index contributed by atoms with van der Waals surface area (Å²) in [5.41, 5.74) is -2.29. The molecule has 1 unspecified atom stereocenters. The van der Waals surface area contributed by atoms with Gasteiger partial charge in [0.1, 0.15) is 17.5 Å². The van der Waals surface area contributed by atoms with Gasteiger partial charge in [-0.05, 0) is 49.2 Å². The van der Waals surface area contributed by atoms with Crippen molar-refractivity contribution in [3.8, 4) is 23.0 Å². The van der Waals surface area contributed by atoms with Gasteiger partial charge in [-0.15, -0.1) is 11.8 Å². The summed E-state index contributed by atoms with van der Waals surface area (Å²) >= 11 is 0.984. The maximum atomic E-state index is 14.3. The van der Waals surface area contributed by atoms with Crippen molar-refractivity contribution in [2.75, 3.05) is 13.1 Å². The number of nitrogens with zero attached hydrogens (tertiary/aromatic N) is 3. The number of hydrogen-bond acceptors (Lipinski definition) is 14. The summed E-state index contributed by atoms with van der Waals surface area (Å²) in [5, 5.41) is 36.1. The highest BCUT2D eigenvalue weighted by Crippen LogP contribution is 2.55. The molecule has 3 heterocycles. The lowest BCUT2D eigenvalue weighted by molar-refractivity contribution is -0.176. The summed E-state index contributed by atoms with van der Waals surface area (Å²) in [7, 11) is 0. The Labute approximate surface area is 309 Å². The number of aliphatic carboxylic acids is 1. The highest BCUT2D eigenvalue weighted by Gasteiger charge is 2.74. The number of hydrogen-bond donors (Lipinski definition) is 6. The molecule has 3 aliphatic heterocycles. The number of fused-ring (bicyclic) bond motifs is 1. The molecule has 3 fully saturated rings. The van der Waals surface area contributed by atoms with Crippen molar-refractivity contribution in [3.63, 3.8) is 0 Å². The average Bonchev–Trinajstić information content (AvgIpc) is 3.30. The first-order valence-electron chi connectivity index (χ1n) is 16.0. The second-order valence-electron chi connectivity index (χ2n) is 12.8. The van der Waals surface area contributed by atoms with Crippen molar-refractivity contribution >= 4 is 65.7 Å². The highest BCUT2D eigenvalue weighted by atomic mass is 32.2. The van der Waals surface area contributed by atoms with Gasteiger partial charge in [0, 0.05) is 33.5 Å². The molecule has 54 heavy (non-hydrogen) atoms. The van der Waals surface area contributed by atoms with E-state index in [1.807, 2.05) is 0 Å². The molecule has 0 spiro atoms. The van der Waals surface area contributed by atoms with Crippen molar-refractivity contribution in [1.29, 1.82) is 0 Å². The largest absolute Gasteiger partial charge is 0.504 e. The van der Waals surface area contributed by atoms with Gasteiger partial charge in [0.15, 0.2) is 23.0 Å². The third-order valence-electron chi connectivity index (χ3n) is 8.86. The number of carboxylic acids is 1. The number of carbonyl (C=O) groups is 9. The number of β-lactam (4-membered cyclic amide) rings is 1. The van der Waals surface area contributed by atoms with Gasteiger partial charge in [0.2, 0.25) is 18.0 Å². The third kappa shape index (κ3) is 6.91. The minimum atomic E-state index is -2.46. The van der Waals surface area contributed by atoms with E-state index in [2.05, 4.69) is 16.0 Å². The molecule has 0 radical (unpaired) electrons. The van der Waals surface area contributed by atoms with Crippen LogP contribution in [0.3, 0.4) is 0 Å².